The van der Waals surface area contributed by atoms with Gasteiger partial charge in [-0.15, -0.1) is 13.2 Å². The molecule has 3 aromatic heterocycles. The van der Waals surface area contributed by atoms with Crippen molar-refractivity contribution in [3.05, 3.63) is 66.0 Å². The first-order valence-electron chi connectivity index (χ1n) is 14.2. The maximum atomic E-state index is 13.2. The number of esters is 1. The molecule has 1 aliphatic carbocycles. The number of aromatic amines is 1. The van der Waals surface area contributed by atoms with Crippen LogP contribution in [0.25, 0.3) is 44.9 Å². The highest BCUT2D eigenvalue weighted by Crippen LogP contribution is 2.44. The van der Waals surface area contributed by atoms with Crippen LogP contribution in [0.1, 0.15) is 43.9 Å². The molecule has 0 spiro atoms. The highest BCUT2D eigenvalue weighted by molar-refractivity contribution is 5.89. The molecule has 44 heavy (non-hydrogen) atoms. The Morgan fingerprint density at radius 2 is 1.86 bits per heavy atom. The zero-order chi connectivity index (χ0) is 31.0. The summed E-state index contributed by atoms with van der Waals surface area (Å²) in [6, 6.07) is 13.1. The monoisotopic (exact) mass is 606 g/mol. The van der Waals surface area contributed by atoms with Gasteiger partial charge in [0, 0.05) is 51.5 Å². The maximum absolute atomic E-state index is 13.2. The number of H-pyrrole nitrogens is 1. The number of methoxy groups -OCH3 is 1. The summed E-state index contributed by atoms with van der Waals surface area (Å²) in [6.07, 6.45) is -1.08. The summed E-state index contributed by atoms with van der Waals surface area (Å²) in [6.45, 7) is 4.15. The molecule has 6 rings (SSSR count). The van der Waals surface area contributed by atoms with Gasteiger partial charge in [-0.25, -0.2) is 4.98 Å². The molecule has 3 heterocycles. The van der Waals surface area contributed by atoms with E-state index >= 15 is 0 Å². The Labute approximate surface area is 250 Å². The average Bonchev–Trinajstić information content (AvgIpc) is 3.73. The van der Waals surface area contributed by atoms with Gasteiger partial charge in [-0.1, -0.05) is 12.1 Å². The number of carbonyl (C=O) groups is 1. The number of fused-ring (bicyclic) bond motifs is 3. The van der Waals surface area contributed by atoms with Gasteiger partial charge in [0.1, 0.15) is 5.75 Å². The molecule has 5 aromatic rings. The Bertz CT molecular complexity index is 1810. The van der Waals surface area contributed by atoms with E-state index in [1.807, 2.05) is 32.0 Å². The van der Waals surface area contributed by atoms with E-state index in [1.165, 1.54) is 25.4 Å². The Kier molecular flexibility index (Phi) is 7.74. The van der Waals surface area contributed by atoms with Gasteiger partial charge in [0.15, 0.2) is 0 Å². The van der Waals surface area contributed by atoms with Gasteiger partial charge in [-0.05, 0) is 79.8 Å². The van der Waals surface area contributed by atoms with E-state index in [1.54, 1.807) is 18.2 Å². The van der Waals surface area contributed by atoms with Crippen LogP contribution in [0.15, 0.2) is 59.3 Å². The Hall–Kier alpha value is -4.87. The molecule has 0 saturated heterocycles. The molecule has 2 aromatic carbocycles. The normalized spacial score (nSPS) is 15.3. The van der Waals surface area contributed by atoms with Gasteiger partial charge in [0.25, 0.3) is 5.89 Å². The predicted octanol–water partition coefficient (Wildman–Crippen LogP) is 7.47. The van der Waals surface area contributed by atoms with Crippen LogP contribution in [0.3, 0.4) is 0 Å². The smallest absolute Gasteiger partial charge is 0.481 e. The summed E-state index contributed by atoms with van der Waals surface area (Å²) in [5.41, 5.74) is 4.99. The predicted molar refractivity (Wildman–Crippen MR) is 155 cm³/mol. The Morgan fingerprint density at radius 1 is 1.07 bits per heavy atom. The van der Waals surface area contributed by atoms with Crippen molar-refractivity contribution in [2.24, 2.45) is 5.92 Å². The third-order valence-corrected chi connectivity index (χ3v) is 7.88. The molecule has 1 aliphatic rings. The summed E-state index contributed by atoms with van der Waals surface area (Å²) in [5.74, 6) is -0.130. The van der Waals surface area contributed by atoms with Crippen LogP contribution in [-0.4, -0.2) is 46.2 Å². The largest absolute Gasteiger partial charge is 0.573 e. The van der Waals surface area contributed by atoms with Crippen molar-refractivity contribution in [3.8, 4) is 45.6 Å². The van der Waals surface area contributed by atoms with E-state index < -0.39 is 12.1 Å². The standard InChI is InChI=1S/C32H29F3N4O5/c1-4-22(31(40)42-5-2)23-8-9-24-25-15-17(6-10-26(25)37-28(23)24)29-38-30(44-39-29)20-12-19(13-21(14-20)43-32(33,34)35)18-7-11-27(41-3)36-16-18/h6-7,10-16,22-23,37H,4-5,8-9H2,1-3H3. The van der Waals surface area contributed by atoms with Crippen LogP contribution < -0.4 is 9.47 Å². The lowest BCUT2D eigenvalue weighted by Gasteiger charge is -2.20. The fourth-order valence-corrected chi connectivity index (χ4v) is 5.92. The third-order valence-electron chi connectivity index (χ3n) is 7.88. The van der Waals surface area contributed by atoms with Crippen LogP contribution in [0, 0.1) is 5.92 Å². The second-order valence-corrected chi connectivity index (χ2v) is 10.5. The first kappa shape index (κ1) is 29.2. The molecular formula is C32H29F3N4O5. The van der Waals surface area contributed by atoms with Gasteiger partial charge in [-0.3, -0.25) is 4.79 Å². The lowest BCUT2D eigenvalue weighted by Crippen LogP contribution is -2.23. The van der Waals surface area contributed by atoms with E-state index in [-0.39, 0.29) is 35.1 Å². The molecule has 228 valence electrons. The molecule has 0 radical (unpaired) electrons. The average molecular weight is 607 g/mol. The highest BCUT2D eigenvalue weighted by Gasteiger charge is 2.36. The fraction of sp³-hybridized carbons (Fsp3) is 0.312. The van der Waals surface area contributed by atoms with Crippen molar-refractivity contribution >= 4 is 16.9 Å². The number of hydrogen-bond acceptors (Lipinski definition) is 8. The van der Waals surface area contributed by atoms with Gasteiger partial charge in [0.2, 0.25) is 11.7 Å². The van der Waals surface area contributed by atoms with Gasteiger partial charge in [-0.2, -0.15) is 4.98 Å². The van der Waals surface area contributed by atoms with E-state index in [2.05, 4.69) is 24.8 Å². The first-order chi connectivity index (χ1) is 21.2. The van der Waals surface area contributed by atoms with Crippen LogP contribution in [0.2, 0.25) is 0 Å². The summed E-state index contributed by atoms with van der Waals surface area (Å²) >= 11 is 0. The first-order valence-corrected chi connectivity index (χ1v) is 14.2. The second kappa shape index (κ2) is 11.7. The number of halogens is 3. The summed E-state index contributed by atoms with van der Waals surface area (Å²) in [4.78, 5) is 24.8. The zero-order valence-corrected chi connectivity index (χ0v) is 24.2. The van der Waals surface area contributed by atoms with Crippen molar-refractivity contribution < 1.29 is 36.7 Å². The maximum Gasteiger partial charge on any atom is 0.573 e. The number of benzene rings is 2. The van der Waals surface area contributed by atoms with Crippen molar-refractivity contribution in [3.63, 3.8) is 0 Å². The molecule has 0 amide bonds. The van der Waals surface area contributed by atoms with Crippen molar-refractivity contribution in [2.45, 2.75) is 45.4 Å². The molecule has 0 saturated carbocycles. The zero-order valence-electron chi connectivity index (χ0n) is 24.2. The van der Waals surface area contributed by atoms with E-state index in [4.69, 9.17) is 14.0 Å². The molecule has 2 atom stereocenters. The molecule has 0 bridgehead atoms. The van der Waals surface area contributed by atoms with Crippen LogP contribution in [-0.2, 0) is 16.0 Å². The molecule has 0 fully saturated rings. The van der Waals surface area contributed by atoms with Gasteiger partial charge < -0.3 is 23.7 Å². The number of aromatic nitrogens is 4. The molecule has 1 N–H and O–H groups in total. The van der Waals surface area contributed by atoms with Gasteiger partial charge >= 0.3 is 12.3 Å². The van der Waals surface area contributed by atoms with Crippen molar-refractivity contribution in [2.75, 3.05) is 13.7 Å². The lowest BCUT2D eigenvalue weighted by atomic mass is 9.88. The Balaban J connectivity index is 1.33. The van der Waals surface area contributed by atoms with E-state index in [9.17, 15) is 18.0 Å². The number of nitrogens with zero attached hydrogens (tertiary/aromatic N) is 3. The van der Waals surface area contributed by atoms with Crippen molar-refractivity contribution in [1.82, 2.24) is 20.1 Å². The summed E-state index contributed by atoms with van der Waals surface area (Å²) < 4.78 is 59.7. The number of aryl methyl sites for hydroxylation is 1. The molecule has 12 heteroatoms. The lowest BCUT2D eigenvalue weighted by molar-refractivity contribution is -0.274. The molecular weight excluding hydrogens is 577 g/mol. The summed E-state index contributed by atoms with van der Waals surface area (Å²) in [7, 11) is 1.47. The summed E-state index contributed by atoms with van der Waals surface area (Å²) in [5, 5.41) is 5.13. The topological polar surface area (TPSA) is 112 Å². The van der Waals surface area contributed by atoms with E-state index in [0.717, 1.165) is 35.0 Å². The second-order valence-electron chi connectivity index (χ2n) is 10.5. The number of pyridine rings is 1. The molecule has 0 aliphatic heterocycles. The minimum Gasteiger partial charge on any atom is -0.481 e. The SMILES string of the molecule is CCOC(=O)C(CC)C1CCc2c1[nH]c1ccc(-c3noc(-c4cc(OC(F)(F)F)cc(-c5ccc(OC)nc5)c4)n3)cc21. The van der Waals surface area contributed by atoms with E-state index in [0.29, 0.717) is 35.6 Å². The van der Waals surface area contributed by atoms with Crippen LogP contribution in [0.4, 0.5) is 13.2 Å². The Morgan fingerprint density at radius 3 is 2.57 bits per heavy atom. The third kappa shape index (κ3) is 5.71. The number of carbonyl (C=O) groups excluding carboxylic acids is 1. The fourth-order valence-electron chi connectivity index (χ4n) is 5.92. The number of ether oxygens (including phenoxy) is 3. The molecule has 2 unspecified atom stereocenters. The van der Waals surface area contributed by atoms with Gasteiger partial charge in [0.05, 0.1) is 19.6 Å². The molecule has 9 nitrogen and oxygen atoms in total. The quantitative estimate of drug-likeness (QED) is 0.172. The van der Waals surface area contributed by atoms with Crippen molar-refractivity contribution in [1.29, 1.82) is 0 Å². The van der Waals surface area contributed by atoms with Crippen LogP contribution >= 0.6 is 0 Å². The highest BCUT2D eigenvalue weighted by atomic mass is 19.4. The number of hydrogen-bond donors (Lipinski definition) is 1. The number of rotatable bonds is 9. The number of nitrogens with one attached hydrogen (secondary N) is 1. The number of alkyl halides is 3. The van der Waals surface area contributed by atoms with Crippen LogP contribution in [0.5, 0.6) is 11.6 Å². The minimum absolute atomic E-state index is 0.0232. The minimum atomic E-state index is -4.90.